The molecular weight excluding hydrogens is 199 g/mol. The first-order valence-corrected chi connectivity index (χ1v) is 3.53. The van der Waals surface area contributed by atoms with E-state index in [9.17, 15) is 18.0 Å². The Morgan fingerprint density at radius 3 is 2.64 bits per heavy atom. The third-order valence-corrected chi connectivity index (χ3v) is 1.24. The maximum absolute atomic E-state index is 11.6. The Balaban J connectivity index is 2.52. The number of hydrogen-bond donors (Lipinski definition) is 2. The van der Waals surface area contributed by atoms with Crippen molar-refractivity contribution in [1.82, 2.24) is 15.8 Å². The van der Waals surface area contributed by atoms with Gasteiger partial charge >= 0.3 is 6.30 Å². The molecule has 4 nitrogen and oxygen atoms in total. The van der Waals surface area contributed by atoms with Crippen LogP contribution in [0.15, 0.2) is 24.5 Å². The van der Waals surface area contributed by atoms with Gasteiger partial charge in [0.2, 0.25) is 0 Å². The summed E-state index contributed by atoms with van der Waals surface area (Å²) >= 11 is 0. The van der Waals surface area contributed by atoms with Crippen molar-refractivity contribution in [3.05, 3.63) is 30.1 Å². The molecule has 0 aliphatic rings. The molecule has 14 heavy (non-hydrogen) atoms. The van der Waals surface area contributed by atoms with Gasteiger partial charge in [-0.05, 0) is 12.1 Å². The van der Waals surface area contributed by atoms with Crippen molar-refractivity contribution in [3.8, 4) is 0 Å². The first-order valence-electron chi connectivity index (χ1n) is 3.53. The number of pyridine rings is 1. The fourth-order valence-electron chi connectivity index (χ4n) is 0.697. The van der Waals surface area contributed by atoms with Gasteiger partial charge in [-0.15, -0.1) is 5.43 Å². The summed E-state index contributed by atoms with van der Waals surface area (Å²) < 4.78 is 34.8. The average molecular weight is 205 g/mol. The van der Waals surface area contributed by atoms with Crippen molar-refractivity contribution in [1.29, 1.82) is 0 Å². The molecule has 76 valence electrons. The zero-order valence-corrected chi connectivity index (χ0v) is 6.80. The normalized spacial score (nSPS) is 11.1. The highest BCUT2D eigenvalue weighted by Crippen LogP contribution is 2.07. The summed E-state index contributed by atoms with van der Waals surface area (Å²) in [6.45, 7) is 0. The van der Waals surface area contributed by atoms with Crippen LogP contribution in [0.1, 0.15) is 10.4 Å². The molecule has 0 saturated heterocycles. The number of halogens is 3. The Morgan fingerprint density at radius 2 is 2.14 bits per heavy atom. The van der Waals surface area contributed by atoms with Crippen LogP contribution in [0.2, 0.25) is 0 Å². The van der Waals surface area contributed by atoms with Crippen molar-refractivity contribution in [2.45, 2.75) is 6.30 Å². The monoisotopic (exact) mass is 205 g/mol. The largest absolute Gasteiger partial charge is 0.474 e. The minimum absolute atomic E-state index is 0.0456. The summed E-state index contributed by atoms with van der Waals surface area (Å²) in [5.41, 5.74) is 2.42. The summed E-state index contributed by atoms with van der Waals surface area (Å²) in [7, 11) is 0. The van der Waals surface area contributed by atoms with Gasteiger partial charge in [-0.25, -0.2) is 0 Å². The lowest BCUT2D eigenvalue weighted by Crippen LogP contribution is -2.46. The molecule has 7 heteroatoms. The molecule has 1 rings (SSSR count). The molecule has 1 aromatic heterocycles. The van der Waals surface area contributed by atoms with Crippen molar-refractivity contribution in [2.75, 3.05) is 0 Å². The van der Waals surface area contributed by atoms with E-state index in [2.05, 4.69) is 4.98 Å². The van der Waals surface area contributed by atoms with Crippen LogP contribution in [0.5, 0.6) is 0 Å². The van der Waals surface area contributed by atoms with Gasteiger partial charge in [0.15, 0.2) is 0 Å². The number of carbonyl (C=O) groups is 1. The van der Waals surface area contributed by atoms with Crippen LogP contribution in [0, 0.1) is 0 Å². The van der Waals surface area contributed by atoms with Gasteiger partial charge in [-0.3, -0.25) is 15.2 Å². The first-order chi connectivity index (χ1) is 6.49. The molecule has 2 N–H and O–H groups in total. The predicted molar refractivity (Wildman–Crippen MR) is 40.9 cm³/mol. The van der Waals surface area contributed by atoms with Crippen molar-refractivity contribution < 1.29 is 18.0 Å². The predicted octanol–water partition coefficient (Wildman–Crippen LogP) is 0.836. The molecule has 0 saturated carbocycles. The van der Waals surface area contributed by atoms with Crippen LogP contribution in [-0.4, -0.2) is 17.2 Å². The van der Waals surface area contributed by atoms with Gasteiger partial charge in [-0.1, -0.05) is 0 Å². The molecule has 0 aromatic carbocycles. The Kier molecular flexibility index (Phi) is 3.03. The molecule has 0 aliphatic heterocycles. The Labute approximate surface area is 77.1 Å². The van der Waals surface area contributed by atoms with Crippen LogP contribution in [0.4, 0.5) is 13.2 Å². The van der Waals surface area contributed by atoms with E-state index in [0.717, 1.165) is 11.6 Å². The van der Waals surface area contributed by atoms with Gasteiger partial charge < -0.3 is 0 Å². The molecule has 1 amide bonds. The SMILES string of the molecule is O=C(NNC(F)(F)F)c1cccnc1. The fraction of sp³-hybridized carbons (Fsp3) is 0.143. The van der Waals surface area contributed by atoms with Crippen molar-refractivity contribution >= 4 is 5.91 Å². The summed E-state index contributed by atoms with van der Waals surface area (Å²) in [5, 5.41) is 0. The second-order valence-corrected chi connectivity index (χ2v) is 2.32. The van der Waals surface area contributed by atoms with E-state index in [1.807, 2.05) is 0 Å². The molecule has 1 aromatic rings. The van der Waals surface area contributed by atoms with E-state index in [1.54, 1.807) is 0 Å². The minimum Gasteiger partial charge on any atom is -0.280 e. The Bertz CT molecular complexity index is 312. The lowest BCUT2D eigenvalue weighted by Gasteiger charge is -2.09. The Morgan fingerprint density at radius 1 is 1.43 bits per heavy atom. The minimum atomic E-state index is -4.64. The van der Waals surface area contributed by atoms with E-state index < -0.39 is 12.2 Å². The van der Waals surface area contributed by atoms with E-state index in [0.29, 0.717) is 0 Å². The second-order valence-electron chi connectivity index (χ2n) is 2.32. The number of amides is 1. The summed E-state index contributed by atoms with van der Waals surface area (Å²) in [6.07, 6.45) is -2.07. The highest BCUT2D eigenvalue weighted by Gasteiger charge is 2.27. The Hall–Kier alpha value is -1.63. The number of carbonyl (C=O) groups excluding carboxylic acids is 1. The van der Waals surface area contributed by atoms with Crippen molar-refractivity contribution in [3.63, 3.8) is 0 Å². The standard InChI is InChI=1S/C7H6F3N3O/c8-7(9,10)13-12-6(14)5-2-1-3-11-4-5/h1-4,13H,(H,12,14). The molecule has 0 unspecified atom stereocenters. The maximum Gasteiger partial charge on any atom is 0.474 e. The van der Waals surface area contributed by atoms with Crippen LogP contribution in [-0.2, 0) is 0 Å². The van der Waals surface area contributed by atoms with Gasteiger partial charge in [-0.2, -0.15) is 13.2 Å². The lowest BCUT2D eigenvalue weighted by molar-refractivity contribution is -0.164. The quantitative estimate of drug-likeness (QED) is 0.555. The van der Waals surface area contributed by atoms with E-state index in [4.69, 9.17) is 0 Å². The van der Waals surface area contributed by atoms with Crippen LogP contribution >= 0.6 is 0 Å². The molecule has 0 spiro atoms. The molecule has 0 bridgehead atoms. The first kappa shape index (κ1) is 10.5. The molecule has 0 aliphatic carbocycles. The molecule has 0 fully saturated rings. The highest BCUT2D eigenvalue weighted by molar-refractivity contribution is 5.93. The third-order valence-electron chi connectivity index (χ3n) is 1.24. The fourth-order valence-corrected chi connectivity index (χ4v) is 0.697. The highest BCUT2D eigenvalue weighted by atomic mass is 19.4. The third kappa shape index (κ3) is 3.40. The number of hydrogen-bond acceptors (Lipinski definition) is 3. The molecule has 1 heterocycles. The van der Waals surface area contributed by atoms with Gasteiger partial charge in [0, 0.05) is 12.4 Å². The van der Waals surface area contributed by atoms with Crippen LogP contribution in [0.25, 0.3) is 0 Å². The zero-order valence-electron chi connectivity index (χ0n) is 6.80. The van der Waals surface area contributed by atoms with Gasteiger partial charge in [0.1, 0.15) is 0 Å². The summed E-state index contributed by atoms with van der Waals surface area (Å²) in [4.78, 5) is 14.6. The van der Waals surface area contributed by atoms with Crippen LogP contribution < -0.4 is 10.9 Å². The van der Waals surface area contributed by atoms with E-state index in [-0.39, 0.29) is 5.56 Å². The number of hydrazine groups is 1. The zero-order chi connectivity index (χ0) is 10.6. The van der Waals surface area contributed by atoms with E-state index in [1.165, 1.54) is 23.8 Å². The van der Waals surface area contributed by atoms with Gasteiger partial charge in [0.05, 0.1) is 5.56 Å². The molecular formula is C7H6F3N3O. The lowest BCUT2D eigenvalue weighted by atomic mass is 10.3. The van der Waals surface area contributed by atoms with Crippen LogP contribution in [0.3, 0.4) is 0 Å². The van der Waals surface area contributed by atoms with Crippen molar-refractivity contribution in [2.24, 2.45) is 0 Å². The maximum atomic E-state index is 11.6. The molecule has 0 atom stereocenters. The second kappa shape index (κ2) is 4.05. The molecule has 0 radical (unpaired) electrons. The number of rotatable bonds is 2. The number of alkyl halides is 3. The topological polar surface area (TPSA) is 54.0 Å². The summed E-state index contributed by atoms with van der Waals surface area (Å²) in [6, 6.07) is 2.79. The number of nitrogens with one attached hydrogen (secondary N) is 2. The summed E-state index contributed by atoms with van der Waals surface area (Å²) in [5.74, 6) is -0.893. The number of aromatic nitrogens is 1. The number of nitrogens with zero attached hydrogens (tertiary/aromatic N) is 1. The van der Waals surface area contributed by atoms with E-state index >= 15 is 0 Å². The average Bonchev–Trinajstić information content (AvgIpc) is 2.14. The smallest absolute Gasteiger partial charge is 0.280 e. The van der Waals surface area contributed by atoms with Gasteiger partial charge in [0.25, 0.3) is 5.91 Å².